The Kier molecular flexibility index (Phi) is 5.75. The molecule has 3 heterocycles. The van der Waals surface area contributed by atoms with Crippen molar-refractivity contribution in [3.8, 4) is 0 Å². The summed E-state index contributed by atoms with van der Waals surface area (Å²) in [7, 11) is 1.41. The molecule has 30 heavy (non-hydrogen) atoms. The van der Waals surface area contributed by atoms with Gasteiger partial charge in [0.05, 0.1) is 31.6 Å². The number of morpholine rings is 1. The van der Waals surface area contributed by atoms with E-state index in [2.05, 4.69) is 26.8 Å². The molecule has 4 rings (SSSR count). The quantitative estimate of drug-likeness (QED) is 0.724. The molecule has 1 saturated carbocycles. The first kappa shape index (κ1) is 21.1. The number of fused-ring (bicyclic) bond motifs is 1. The number of aryl methyl sites for hydroxylation is 1. The van der Waals surface area contributed by atoms with Crippen LogP contribution in [-0.2, 0) is 9.47 Å². The zero-order valence-electron chi connectivity index (χ0n) is 18.9. The van der Waals surface area contributed by atoms with Gasteiger partial charge >= 0.3 is 6.09 Å². The van der Waals surface area contributed by atoms with Crippen molar-refractivity contribution in [2.45, 2.75) is 65.4 Å². The highest BCUT2D eigenvalue weighted by Crippen LogP contribution is 2.43. The van der Waals surface area contributed by atoms with Gasteiger partial charge < -0.3 is 14.4 Å². The van der Waals surface area contributed by atoms with Gasteiger partial charge in [-0.05, 0) is 50.0 Å². The maximum absolute atomic E-state index is 12.0. The van der Waals surface area contributed by atoms with Crippen molar-refractivity contribution in [2.75, 3.05) is 26.8 Å². The summed E-state index contributed by atoms with van der Waals surface area (Å²) < 4.78 is 12.8. The molecule has 0 radical (unpaired) electrons. The smallest absolute Gasteiger partial charge is 0.409 e. The summed E-state index contributed by atoms with van der Waals surface area (Å²) in [4.78, 5) is 18.4. The molecule has 2 aliphatic rings. The molecule has 1 aliphatic carbocycles. The van der Waals surface area contributed by atoms with E-state index in [-0.39, 0.29) is 12.2 Å². The summed E-state index contributed by atoms with van der Waals surface area (Å²) in [6, 6.07) is 4.16. The van der Waals surface area contributed by atoms with Gasteiger partial charge in [0, 0.05) is 24.2 Å². The van der Waals surface area contributed by atoms with Gasteiger partial charge in [0.2, 0.25) is 0 Å². The van der Waals surface area contributed by atoms with Crippen LogP contribution >= 0.6 is 0 Å². The van der Waals surface area contributed by atoms with Crippen LogP contribution in [0.3, 0.4) is 0 Å². The number of rotatable bonds is 2. The molecule has 0 spiro atoms. The lowest BCUT2D eigenvalue weighted by Gasteiger charge is -2.36. The number of hydrogen-bond donors (Lipinski definition) is 0. The highest BCUT2D eigenvalue weighted by molar-refractivity contribution is 5.67. The number of methoxy groups -OCH3 is 1. The van der Waals surface area contributed by atoms with Crippen LogP contribution in [0.4, 0.5) is 4.79 Å². The molecule has 0 N–H and O–H groups in total. The standard InChI is InChI=1S/C23H34N4O3/c1-15-12-19(20-14-26(10-11-30-20)22(28)29-5)27-21(24-15)13-18(25-27)16-6-8-17(9-7-16)23(2,3)4/h12-13,16-17,20H,6-11,14H2,1-5H3/t16-,17-,20-/m0/s1. The van der Waals surface area contributed by atoms with E-state index in [0.29, 0.717) is 31.0 Å². The molecule has 1 atom stereocenters. The van der Waals surface area contributed by atoms with Gasteiger partial charge in [-0.15, -0.1) is 0 Å². The highest BCUT2D eigenvalue weighted by Gasteiger charge is 2.32. The molecule has 7 heteroatoms. The molecule has 1 aliphatic heterocycles. The van der Waals surface area contributed by atoms with Crippen LogP contribution in [0, 0.1) is 18.3 Å². The fourth-order valence-electron chi connectivity index (χ4n) is 4.95. The Hall–Kier alpha value is -2.15. The van der Waals surface area contributed by atoms with Crippen LogP contribution in [-0.4, -0.2) is 52.4 Å². The molecule has 0 unspecified atom stereocenters. The van der Waals surface area contributed by atoms with Gasteiger partial charge in [0.25, 0.3) is 0 Å². The Bertz CT molecular complexity index is 909. The van der Waals surface area contributed by atoms with Gasteiger partial charge in [-0.1, -0.05) is 20.8 Å². The number of ether oxygens (including phenoxy) is 2. The van der Waals surface area contributed by atoms with Crippen LogP contribution in [0.25, 0.3) is 5.65 Å². The van der Waals surface area contributed by atoms with E-state index in [1.165, 1.54) is 32.8 Å². The Labute approximate surface area is 178 Å². The topological polar surface area (TPSA) is 69.0 Å². The Morgan fingerprint density at radius 1 is 1.20 bits per heavy atom. The van der Waals surface area contributed by atoms with Crippen molar-refractivity contribution in [3.63, 3.8) is 0 Å². The zero-order valence-corrected chi connectivity index (χ0v) is 18.9. The lowest BCUT2D eigenvalue weighted by atomic mass is 9.69. The van der Waals surface area contributed by atoms with Crippen molar-refractivity contribution >= 4 is 11.7 Å². The molecule has 2 aromatic rings. The summed E-state index contributed by atoms with van der Waals surface area (Å²) in [5.41, 5.74) is 4.23. The minimum atomic E-state index is -0.318. The van der Waals surface area contributed by atoms with Crippen molar-refractivity contribution in [1.29, 1.82) is 0 Å². The van der Waals surface area contributed by atoms with Gasteiger partial charge in [-0.2, -0.15) is 5.10 Å². The largest absolute Gasteiger partial charge is 0.453 e. The Morgan fingerprint density at radius 2 is 1.93 bits per heavy atom. The molecule has 2 fully saturated rings. The summed E-state index contributed by atoms with van der Waals surface area (Å²) in [5, 5.41) is 4.97. The number of carbonyl (C=O) groups is 1. The van der Waals surface area contributed by atoms with Crippen LogP contribution in [0.15, 0.2) is 12.1 Å². The van der Waals surface area contributed by atoms with E-state index >= 15 is 0 Å². The van der Waals surface area contributed by atoms with Crippen molar-refractivity contribution < 1.29 is 14.3 Å². The van der Waals surface area contributed by atoms with E-state index in [1.54, 1.807) is 4.90 Å². The van der Waals surface area contributed by atoms with E-state index in [1.807, 2.05) is 17.5 Å². The fourth-order valence-corrected chi connectivity index (χ4v) is 4.95. The summed E-state index contributed by atoms with van der Waals surface area (Å²) in [6.07, 6.45) is 4.29. The summed E-state index contributed by atoms with van der Waals surface area (Å²) in [6.45, 7) is 10.5. The first-order chi connectivity index (χ1) is 14.3. The first-order valence-electron chi connectivity index (χ1n) is 11.1. The predicted octanol–water partition coefficient (Wildman–Crippen LogP) is 4.50. The minimum absolute atomic E-state index is 0.244. The van der Waals surface area contributed by atoms with Crippen LogP contribution in [0.5, 0.6) is 0 Å². The number of aromatic nitrogens is 3. The van der Waals surface area contributed by atoms with E-state index in [0.717, 1.165) is 28.6 Å². The highest BCUT2D eigenvalue weighted by atomic mass is 16.5. The maximum atomic E-state index is 12.0. The van der Waals surface area contributed by atoms with Crippen molar-refractivity contribution in [1.82, 2.24) is 19.5 Å². The predicted molar refractivity (Wildman–Crippen MR) is 115 cm³/mol. The average Bonchev–Trinajstić information content (AvgIpc) is 3.16. The van der Waals surface area contributed by atoms with Crippen molar-refractivity contribution in [3.05, 3.63) is 29.2 Å². The number of amides is 1. The average molecular weight is 415 g/mol. The lowest BCUT2D eigenvalue weighted by molar-refractivity contribution is -0.0287. The molecular formula is C23H34N4O3. The van der Waals surface area contributed by atoms with E-state index < -0.39 is 0 Å². The Morgan fingerprint density at radius 3 is 2.60 bits per heavy atom. The molecule has 7 nitrogen and oxygen atoms in total. The van der Waals surface area contributed by atoms with E-state index in [4.69, 9.17) is 19.6 Å². The second-order valence-electron chi connectivity index (χ2n) is 9.85. The monoisotopic (exact) mass is 414 g/mol. The van der Waals surface area contributed by atoms with Gasteiger partial charge in [-0.3, -0.25) is 0 Å². The second kappa shape index (κ2) is 8.17. The molecule has 1 saturated heterocycles. The fraction of sp³-hybridized carbons (Fsp3) is 0.696. The normalized spacial score (nSPS) is 25.5. The van der Waals surface area contributed by atoms with Crippen LogP contribution < -0.4 is 0 Å². The first-order valence-corrected chi connectivity index (χ1v) is 11.1. The minimum Gasteiger partial charge on any atom is -0.453 e. The molecule has 0 bridgehead atoms. The SMILES string of the molecule is COC(=O)N1CCO[C@H](c2cc(C)nc3cc([C@H]4CC[C@H](C(C)(C)C)CC4)nn23)C1. The molecule has 164 valence electrons. The summed E-state index contributed by atoms with van der Waals surface area (Å²) >= 11 is 0. The van der Waals surface area contributed by atoms with Gasteiger partial charge in [0.1, 0.15) is 6.10 Å². The van der Waals surface area contributed by atoms with Crippen LogP contribution in [0.2, 0.25) is 0 Å². The van der Waals surface area contributed by atoms with Crippen LogP contribution in [0.1, 0.15) is 75.6 Å². The Balaban J connectivity index is 1.59. The third-order valence-electron chi connectivity index (χ3n) is 6.80. The van der Waals surface area contributed by atoms with Crippen molar-refractivity contribution in [2.24, 2.45) is 11.3 Å². The molecular weight excluding hydrogens is 380 g/mol. The lowest BCUT2D eigenvalue weighted by Crippen LogP contribution is -2.42. The third-order valence-corrected chi connectivity index (χ3v) is 6.80. The molecule has 0 aromatic carbocycles. The maximum Gasteiger partial charge on any atom is 0.409 e. The molecule has 1 amide bonds. The number of carbonyl (C=O) groups excluding carboxylic acids is 1. The van der Waals surface area contributed by atoms with Gasteiger partial charge in [-0.25, -0.2) is 14.3 Å². The second-order valence-corrected chi connectivity index (χ2v) is 9.85. The zero-order chi connectivity index (χ0) is 21.5. The van der Waals surface area contributed by atoms with E-state index in [9.17, 15) is 4.79 Å². The third kappa shape index (κ3) is 4.17. The number of nitrogens with zero attached hydrogens (tertiary/aromatic N) is 4. The molecule has 2 aromatic heterocycles. The number of hydrogen-bond acceptors (Lipinski definition) is 5. The summed E-state index contributed by atoms with van der Waals surface area (Å²) in [5.74, 6) is 1.26. The van der Waals surface area contributed by atoms with Gasteiger partial charge in [0.15, 0.2) is 5.65 Å².